The summed E-state index contributed by atoms with van der Waals surface area (Å²) in [5, 5.41) is 2.86. The van der Waals surface area contributed by atoms with Crippen molar-refractivity contribution in [1.82, 2.24) is 0 Å². The third kappa shape index (κ3) is 4.27. The molecule has 0 radical (unpaired) electrons. The average molecular weight is 409 g/mol. The molecule has 3 rings (SSSR count). The minimum atomic E-state index is -0.322. The zero-order valence-corrected chi connectivity index (χ0v) is 18.0. The van der Waals surface area contributed by atoms with E-state index < -0.39 is 0 Å². The number of anilines is 2. The van der Waals surface area contributed by atoms with E-state index in [-0.39, 0.29) is 23.0 Å². The van der Waals surface area contributed by atoms with Crippen molar-refractivity contribution in [2.45, 2.75) is 39.9 Å². The Kier molecular flexibility index (Phi) is 5.94. The van der Waals surface area contributed by atoms with Gasteiger partial charge in [-0.15, -0.1) is 11.8 Å². The van der Waals surface area contributed by atoms with E-state index in [0.717, 1.165) is 11.1 Å². The van der Waals surface area contributed by atoms with Gasteiger partial charge in [0, 0.05) is 17.9 Å². The van der Waals surface area contributed by atoms with Gasteiger partial charge in [0.25, 0.3) is 11.8 Å². The van der Waals surface area contributed by atoms with Gasteiger partial charge >= 0.3 is 0 Å². The number of benzene rings is 2. The predicted molar refractivity (Wildman–Crippen MR) is 119 cm³/mol. The van der Waals surface area contributed by atoms with E-state index in [4.69, 9.17) is 0 Å². The molecule has 0 aromatic heterocycles. The number of carbonyl (C=O) groups is 3. The molecule has 0 saturated carbocycles. The van der Waals surface area contributed by atoms with Crippen LogP contribution in [-0.4, -0.2) is 23.0 Å². The topological polar surface area (TPSA) is 66.5 Å². The summed E-state index contributed by atoms with van der Waals surface area (Å²) in [4.78, 5) is 39.6. The van der Waals surface area contributed by atoms with E-state index in [2.05, 4.69) is 5.32 Å². The maximum atomic E-state index is 13.4. The number of hydrogen-bond acceptors (Lipinski definition) is 4. The molecule has 1 aliphatic rings. The lowest BCUT2D eigenvalue weighted by Crippen LogP contribution is -2.32. The van der Waals surface area contributed by atoms with Crippen molar-refractivity contribution >= 4 is 46.4 Å². The first-order valence-corrected chi connectivity index (χ1v) is 10.3. The van der Waals surface area contributed by atoms with E-state index in [9.17, 15) is 14.4 Å². The highest BCUT2D eigenvalue weighted by Gasteiger charge is 2.41. The summed E-state index contributed by atoms with van der Waals surface area (Å²) in [7, 11) is 0. The van der Waals surface area contributed by atoms with E-state index in [0.29, 0.717) is 27.4 Å². The third-order valence-corrected chi connectivity index (χ3v) is 5.57. The van der Waals surface area contributed by atoms with Gasteiger partial charge in [-0.3, -0.25) is 14.4 Å². The molecular formula is C23H24N2O3S. The van der Waals surface area contributed by atoms with Gasteiger partial charge in [0.05, 0.1) is 16.2 Å². The Bertz CT molecular complexity index is 1020. The van der Waals surface area contributed by atoms with Crippen LogP contribution in [0.5, 0.6) is 0 Å². The highest BCUT2D eigenvalue weighted by molar-refractivity contribution is 8.04. The van der Waals surface area contributed by atoms with Gasteiger partial charge in [0.2, 0.25) is 5.91 Å². The Hall–Kier alpha value is -2.86. The summed E-state index contributed by atoms with van der Waals surface area (Å²) in [5.41, 5.74) is 4.27. The number of amides is 3. The van der Waals surface area contributed by atoms with Crippen LogP contribution in [0.1, 0.15) is 37.5 Å². The molecule has 0 unspecified atom stereocenters. The van der Waals surface area contributed by atoms with Crippen LogP contribution in [0.3, 0.4) is 0 Å². The number of nitrogens with one attached hydrogen (secondary N) is 1. The number of aryl methyl sites for hydroxylation is 2. The maximum Gasteiger partial charge on any atom is 0.272 e. The fourth-order valence-corrected chi connectivity index (χ4v) is 4.29. The first-order chi connectivity index (χ1) is 13.7. The molecule has 0 bridgehead atoms. The Labute approximate surface area is 175 Å². The van der Waals surface area contributed by atoms with Crippen molar-refractivity contribution in [3.05, 3.63) is 64.1 Å². The van der Waals surface area contributed by atoms with Crippen molar-refractivity contribution in [2.24, 2.45) is 0 Å². The van der Waals surface area contributed by atoms with Crippen molar-refractivity contribution < 1.29 is 14.4 Å². The van der Waals surface area contributed by atoms with E-state index in [1.807, 2.05) is 45.9 Å². The monoisotopic (exact) mass is 408 g/mol. The van der Waals surface area contributed by atoms with Gasteiger partial charge in [-0.1, -0.05) is 43.7 Å². The van der Waals surface area contributed by atoms with Crippen LogP contribution in [0.4, 0.5) is 11.4 Å². The molecule has 150 valence electrons. The summed E-state index contributed by atoms with van der Waals surface area (Å²) in [6.07, 6.45) is 0. The van der Waals surface area contributed by atoms with Crippen molar-refractivity contribution in [2.75, 3.05) is 10.2 Å². The molecule has 3 amide bonds. The zero-order chi connectivity index (χ0) is 21.3. The first kappa shape index (κ1) is 20.9. The zero-order valence-electron chi connectivity index (χ0n) is 17.2. The molecule has 29 heavy (non-hydrogen) atoms. The smallest absolute Gasteiger partial charge is 0.272 e. The van der Waals surface area contributed by atoms with Crippen LogP contribution in [0.15, 0.2) is 47.4 Å². The lowest BCUT2D eigenvalue weighted by atomic mass is 10.1. The molecule has 0 saturated heterocycles. The molecule has 1 heterocycles. The molecule has 0 aliphatic carbocycles. The van der Waals surface area contributed by atoms with E-state index in [1.165, 1.54) is 23.6 Å². The summed E-state index contributed by atoms with van der Waals surface area (Å²) in [6.45, 7) is 9.30. The second kappa shape index (κ2) is 8.25. The Morgan fingerprint density at radius 2 is 1.66 bits per heavy atom. The summed E-state index contributed by atoms with van der Waals surface area (Å²) in [6, 6.07) is 12.7. The van der Waals surface area contributed by atoms with Gasteiger partial charge in [-0.05, 0) is 43.2 Å². The summed E-state index contributed by atoms with van der Waals surface area (Å²) < 4.78 is 0. The lowest BCUT2D eigenvalue weighted by Gasteiger charge is -2.18. The lowest BCUT2D eigenvalue weighted by molar-refractivity contribution is -0.120. The molecule has 2 aromatic carbocycles. The van der Waals surface area contributed by atoms with Gasteiger partial charge < -0.3 is 5.32 Å². The number of thioether (sulfide) groups is 1. The second-order valence-electron chi connectivity index (χ2n) is 7.36. The summed E-state index contributed by atoms with van der Waals surface area (Å²) >= 11 is 1.40. The molecule has 1 aliphatic heterocycles. The Morgan fingerprint density at radius 3 is 2.21 bits per heavy atom. The van der Waals surface area contributed by atoms with E-state index in [1.54, 1.807) is 24.3 Å². The number of imide groups is 1. The number of hydrogen-bond donors (Lipinski definition) is 1. The van der Waals surface area contributed by atoms with Crippen LogP contribution in [0.2, 0.25) is 0 Å². The second-order valence-corrected chi connectivity index (χ2v) is 8.95. The fraction of sp³-hybridized carbons (Fsp3) is 0.261. The van der Waals surface area contributed by atoms with Gasteiger partial charge in [0.1, 0.15) is 0 Å². The Balaban J connectivity index is 2.06. The number of rotatable bonds is 5. The highest BCUT2D eigenvalue weighted by Crippen LogP contribution is 2.40. The Morgan fingerprint density at radius 1 is 1.00 bits per heavy atom. The standard InChI is InChI=1S/C23H24N2O3S/c1-13(2)29-21-20(17-7-9-18(10-8-17)24-16(5)26)22(27)25(23(21)28)19-11-6-14(3)12-15(19)4/h6-13H,1-5H3,(H,24,26). The van der Waals surface area contributed by atoms with Crippen LogP contribution >= 0.6 is 11.8 Å². The molecule has 6 heteroatoms. The molecular weight excluding hydrogens is 384 g/mol. The molecule has 0 atom stereocenters. The minimum Gasteiger partial charge on any atom is -0.326 e. The van der Waals surface area contributed by atoms with Crippen molar-refractivity contribution in [3.63, 3.8) is 0 Å². The SMILES string of the molecule is CC(=O)Nc1ccc(C2=C(SC(C)C)C(=O)N(c3ccc(C)cc3C)C2=O)cc1. The minimum absolute atomic E-state index is 0.148. The fourth-order valence-electron chi connectivity index (χ4n) is 3.31. The largest absolute Gasteiger partial charge is 0.326 e. The van der Waals surface area contributed by atoms with Gasteiger partial charge in [-0.25, -0.2) is 4.90 Å². The van der Waals surface area contributed by atoms with Crippen LogP contribution in [0, 0.1) is 13.8 Å². The maximum absolute atomic E-state index is 13.4. The third-order valence-electron chi connectivity index (χ3n) is 4.48. The molecule has 0 fully saturated rings. The van der Waals surface area contributed by atoms with Crippen molar-refractivity contribution in [3.8, 4) is 0 Å². The van der Waals surface area contributed by atoms with Crippen LogP contribution < -0.4 is 10.2 Å². The quantitative estimate of drug-likeness (QED) is 0.729. The molecule has 2 aromatic rings. The van der Waals surface area contributed by atoms with E-state index >= 15 is 0 Å². The molecule has 5 nitrogen and oxygen atoms in total. The van der Waals surface area contributed by atoms with Crippen LogP contribution in [-0.2, 0) is 14.4 Å². The van der Waals surface area contributed by atoms with Gasteiger partial charge in [0.15, 0.2) is 0 Å². The predicted octanol–water partition coefficient (Wildman–Crippen LogP) is 4.69. The number of nitrogens with zero attached hydrogens (tertiary/aromatic N) is 1. The molecule has 1 N–H and O–H groups in total. The number of carbonyl (C=O) groups excluding carboxylic acids is 3. The summed E-state index contributed by atoms with van der Waals surface area (Å²) in [5.74, 6) is -0.778. The van der Waals surface area contributed by atoms with Crippen molar-refractivity contribution in [1.29, 1.82) is 0 Å². The average Bonchev–Trinajstić information content (AvgIpc) is 2.86. The normalized spacial score (nSPS) is 14.2. The highest BCUT2D eigenvalue weighted by atomic mass is 32.2. The van der Waals surface area contributed by atoms with Gasteiger partial charge in [-0.2, -0.15) is 0 Å². The first-order valence-electron chi connectivity index (χ1n) is 9.44. The van der Waals surface area contributed by atoms with Crippen LogP contribution in [0.25, 0.3) is 5.57 Å². The molecule has 0 spiro atoms.